The van der Waals surface area contributed by atoms with E-state index in [1.54, 1.807) is 12.3 Å². The van der Waals surface area contributed by atoms with Crippen LogP contribution in [0.4, 0.5) is 0 Å². The molecule has 0 bridgehead atoms. The van der Waals surface area contributed by atoms with Crippen molar-refractivity contribution in [2.45, 2.75) is 26.3 Å². The van der Waals surface area contributed by atoms with Crippen LogP contribution in [0, 0.1) is 6.92 Å². The molecule has 0 fully saturated rings. The molecule has 104 valence electrons. The third kappa shape index (κ3) is 3.58. The summed E-state index contributed by atoms with van der Waals surface area (Å²) in [6.45, 7) is 4.05. The molecule has 0 saturated carbocycles. The summed E-state index contributed by atoms with van der Waals surface area (Å²) < 4.78 is 0. The SMILES string of the molecule is Cc1ccccc1CC(C)NC(=O)c1cnccc1Cl. The molecule has 1 unspecified atom stereocenters. The van der Waals surface area contributed by atoms with Crippen LogP contribution >= 0.6 is 11.6 Å². The van der Waals surface area contributed by atoms with Gasteiger partial charge in [0.05, 0.1) is 10.6 Å². The van der Waals surface area contributed by atoms with Gasteiger partial charge in [-0.25, -0.2) is 0 Å². The molecule has 2 rings (SSSR count). The van der Waals surface area contributed by atoms with Crippen molar-refractivity contribution in [1.29, 1.82) is 0 Å². The highest BCUT2D eigenvalue weighted by atomic mass is 35.5. The van der Waals surface area contributed by atoms with Crippen molar-refractivity contribution in [3.8, 4) is 0 Å². The lowest BCUT2D eigenvalue weighted by atomic mass is 10.0. The number of aromatic nitrogens is 1. The maximum absolute atomic E-state index is 12.1. The van der Waals surface area contributed by atoms with Crippen molar-refractivity contribution in [2.24, 2.45) is 0 Å². The number of halogens is 1. The zero-order valence-corrected chi connectivity index (χ0v) is 12.3. The van der Waals surface area contributed by atoms with Gasteiger partial charge in [0.2, 0.25) is 0 Å². The first-order valence-electron chi connectivity index (χ1n) is 6.53. The molecule has 4 heteroatoms. The predicted octanol–water partition coefficient (Wildman–Crippen LogP) is 3.40. The van der Waals surface area contributed by atoms with Gasteiger partial charge >= 0.3 is 0 Å². The summed E-state index contributed by atoms with van der Waals surface area (Å²) in [5.74, 6) is -0.191. The quantitative estimate of drug-likeness (QED) is 0.937. The second kappa shape index (κ2) is 6.53. The van der Waals surface area contributed by atoms with Crippen LogP contribution in [0.25, 0.3) is 0 Å². The lowest BCUT2D eigenvalue weighted by Gasteiger charge is -2.15. The summed E-state index contributed by atoms with van der Waals surface area (Å²) >= 11 is 5.99. The van der Waals surface area contributed by atoms with Crippen LogP contribution in [0.15, 0.2) is 42.7 Å². The molecule has 1 aromatic carbocycles. The maximum atomic E-state index is 12.1. The first-order valence-corrected chi connectivity index (χ1v) is 6.90. The van der Waals surface area contributed by atoms with Crippen LogP contribution in [0.2, 0.25) is 5.02 Å². The molecule has 1 atom stereocenters. The van der Waals surface area contributed by atoms with E-state index in [1.807, 2.05) is 19.1 Å². The summed E-state index contributed by atoms with van der Waals surface area (Å²) in [6, 6.07) is 9.81. The van der Waals surface area contributed by atoms with Crippen LogP contribution in [0.1, 0.15) is 28.4 Å². The topological polar surface area (TPSA) is 42.0 Å². The van der Waals surface area contributed by atoms with Crippen LogP contribution in [0.3, 0.4) is 0 Å². The molecular formula is C16H17ClN2O. The molecule has 1 aromatic heterocycles. The van der Waals surface area contributed by atoms with Crippen molar-refractivity contribution >= 4 is 17.5 Å². The first kappa shape index (κ1) is 14.5. The van der Waals surface area contributed by atoms with Gasteiger partial charge in [0, 0.05) is 18.4 Å². The summed E-state index contributed by atoms with van der Waals surface area (Å²) in [5.41, 5.74) is 2.87. The number of pyridine rings is 1. The summed E-state index contributed by atoms with van der Waals surface area (Å²) in [4.78, 5) is 16.0. The fraction of sp³-hybridized carbons (Fsp3) is 0.250. The number of aryl methyl sites for hydroxylation is 1. The highest BCUT2D eigenvalue weighted by molar-refractivity contribution is 6.33. The number of benzene rings is 1. The minimum absolute atomic E-state index is 0.0277. The Morgan fingerprint density at radius 1 is 1.35 bits per heavy atom. The van der Waals surface area contributed by atoms with Gasteiger partial charge in [0.25, 0.3) is 5.91 Å². The van der Waals surface area contributed by atoms with Gasteiger partial charge in [-0.1, -0.05) is 35.9 Å². The fourth-order valence-corrected chi connectivity index (χ4v) is 2.26. The zero-order valence-electron chi connectivity index (χ0n) is 11.6. The Hall–Kier alpha value is -1.87. The van der Waals surface area contributed by atoms with Crippen LogP contribution in [-0.4, -0.2) is 16.9 Å². The number of hydrogen-bond donors (Lipinski definition) is 1. The van der Waals surface area contributed by atoms with Gasteiger partial charge in [0.1, 0.15) is 0 Å². The van der Waals surface area contributed by atoms with E-state index in [9.17, 15) is 4.79 Å². The van der Waals surface area contributed by atoms with E-state index in [2.05, 4.69) is 29.4 Å². The lowest BCUT2D eigenvalue weighted by Crippen LogP contribution is -2.34. The normalized spacial score (nSPS) is 11.9. The molecule has 0 aliphatic carbocycles. The average molecular weight is 289 g/mol. The van der Waals surface area contributed by atoms with Crippen LogP contribution in [0.5, 0.6) is 0 Å². The van der Waals surface area contributed by atoms with Gasteiger partial charge < -0.3 is 5.32 Å². The lowest BCUT2D eigenvalue weighted by molar-refractivity contribution is 0.0940. The van der Waals surface area contributed by atoms with E-state index in [1.165, 1.54) is 17.3 Å². The Labute approximate surface area is 124 Å². The molecule has 2 aromatic rings. The summed E-state index contributed by atoms with van der Waals surface area (Å²) in [5, 5.41) is 3.37. The maximum Gasteiger partial charge on any atom is 0.254 e. The van der Waals surface area contributed by atoms with E-state index in [4.69, 9.17) is 11.6 Å². The first-order chi connectivity index (χ1) is 9.58. The number of amides is 1. The third-order valence-corrected chi connectivity index (χ3v) is 3.51. The molecule has 1 amide bonds. The Morgan fingerprint density at radius 2 is 2.10 bits per heavy atom. The molecule has 0 radical (unpaired) electrons. The summed E-state index contributed by atoms with van der Waals surface area (Å²) in [6.07, 6.45) is 3.84. The van der Waals surface area contributed by atoms with Crippen molar-refractivity contribution in [1.82, 2.24) is 10.3 Å². The van der Waals surface area contributed by atoms with Gasteiger partial charge in [0.15, 0.2) is 0 Å². The number of nitrogens with zero attached hydrogens (tertiary/aromatic N) is 1. The minimum Gasteiger partial charge on any atom is -0.349 e. The highest BCUT2D eigenvalue weighted by Gasteiger charge is 2.13. The Kier molecular flexibility index (Phi) is 4.74. The van der Waals surface area contributed by atoms with Crippen molar-refractivity contribution in [3.63, 3.8) is 0 Å². The van der Waals surface area contributed by atoms with Gasteiger partial charge in [-0.3, -0.25) is 9.78 Å². The monoisotopic (exact) mass is 288 g/mol. The minimum atomic E-state index is -0.191. The Morgan fingerprint density at radius 3 is 2.80 bits per heavy atom. The van der Waals surface area contributed by atoms with Crippen LogP contribution < -0.4 is 5.32 Å². The van der Waals surface area contributed by atoms with Crippen molar-refractivity contribution in [2.75, 3.05) is 0 Å². The summed E-state index contributed by atoms with van der Waals surface area (Å²) in [7, 11) is 0. The number of carbonyl (C=O) groups excluding carboxylic acids is 1. The van der Waals surface area contributed by atoms with E-state index in [0.717, 1.165) is 6.42 Å². The van der Waals surface area contributed by atoms with Gasteiger partial charge in [-0.2, -0.15) is 0 Å². The largest absolute Gasteiger partial charge is 0.349 e. The molecule has 3 nitrogen and oxygen atoms in total. The number of rotatable bonds is 4. The van der Waals surface area contributed by atoms with E-state index in [0.29, 0.717) is 10.6 Å². The molecule has 1 N–H and O–H groups in total. The number of nitrogens with one attached hydrogen (secondary N) is 1. The molecule has 0 aliphatic heterocycles. The molecule has 1 heterocycles. The fourth-order valence-electron chi connectivity index (χ4n) is 2.07. The smallest absolute Gasteiger partial charge is 0.254 e. The van der Waals surface area contributed by atoms with Gasteiger partial charge in [-0.05, 0) is 37.5 Å². The molecule has 20 heavy (non-hydrogen) atoms. The molecule has 0 aliphatic rings. The average Bonchev–Trinajstić information content (AvgIpc) is 2.41. The van der Waals surface area contributed by atoms with Crippen molar-refractivity contribution < 1.29 is 4.79 Å². The Bertz CT molecular complexity index is 613. The second-order valence-electron chi connectivity index (χ2n) is 4.86. The van der Waals surface area contributed by atoms with Crippen molar-refractivity contribution in [3.05, 3.63) is 64.4 Å². The highest BCUT2D eigenvalue weighted by Crippen LogP contribution is 2.14. The van der Waals surface area contributed by atoms with E-state index < -0.39 is 0 Å². The zero-order chi connectivity index (χ0) is 14.5. The van der Waals surface area contributed by atoms with E-state index in [-0.39, 0.29) is 11.9 Å². The molecular weight excluding hydrogens is 272 g/mol. The third-order valence-electron chi connectivity index (χ3n) is 3.18. The van der Waals surface area contributed by atoms with Gasteiger partial charge in [-0.15, -0.1) is 0 Å². The predicted molar refractivity (Wildman–Crippen MR) is 81.1 cm³/mol. The number of carbonyl (C=O) groups is 1. The van der Waals surface area contributed by atoms with Crippen LogP contribution in [-0.2, 0) is 6.42 Å². The standard InChI is InChI=1S/C16H17ClN2O/c1-11-5-3-4-6-13(11)9-12(2)19-16(20)14-10-18-8-7-15(14)17/h3-8,10,12H,9H2,1-2H3,(H,19,20). The number of hydrogen-bond acceptors (Lipinski definition) is 2. The molecule has 0 saturated heterocycles. The second-order valence-corrected chi connectivity index (χ2v) is 5.27. The van der Waals surface area contributed by atoms with E-state index >= 15 is 0 Å². The molecule has 0 spiro atoms. The Balaban J connectivity index is 2.02.